The van der Waals surface area contributed by atoms with E-state index in [9.17, 15) is 0 Å². The van der Waals surface area contributed by atoms with E-state index in [1.54, 1.807) is 6.26 Å². The molecule has 19 heavy (non-hydrogen) atoms. The van der Waals surface area contributed by atoms with Gasteiger partial charge in [0.2, 0.25) is 5.88 Å². The van der Waals surface area contributed by atoms with Gasteiger partial charge in [0.25, 0.3) is 0 Å². The van der Waals surface area contributed by atoms with Gasteiger partial charge in [0.05, 0.1) is 11.8 Å². The molecule has 2 aromatic heterocycles. The number of aromatic nitrogens is 2. The Morgan fingerprint density at radius 1 is 1.32 bits per heavy atom. The van der Waals surface area contributed by atoms with Crippen LogP contribution in [0.25, 0.3) is 0 Å². The minimum absolute atomic E-state index is 0.375. The van der Waals surface area contributed by atoms with Crippen molar-refractivity contribution in [2.75, 3.05) is 11.9 Å². The zero-order valence-corrected chi connectivity index (χ0v) is 11.6. The highest BCUT2D eigenvalue weighted by Gasteiger charge is 2.11. The molecule has 0 aliphatic carbocycles. The van der Waals surface area contributed by atoms with Crippen molar-refractivity contribution in [2.45, 2.75) is 33.8 Å². The smallest absolute Gasteiger partial charge is 0.222 e. The third kappa shape index (κ3) is 3.24. The van der Waals surface area contributed by atoms with E-state index in [4.69, 9.17) is 9.15 Å². The molecule has 0 radical (unpaired) electrons. The molecule has 0 spiro atoms. The summed E-state index contributed by atoms with van der Waals surface area (Å²) in [6.07, 6.45) is 2.41. The fraction of sp³-hybridized carbons (Fsp3) is 0.429. The molecular formula is C14H19N3O2. The molecule has 0 atom stereocenters. The molecule has 1 N–H and O–H groups in total. The van der Waals surface area contributed by atoms with E-state index in [0.29, 0.717) is 12.5 Å². The molecule has 0 amide bonds. The second-order valence-electron chi connectivity index (χ2n) is 4.17. The van der Waals surface area contributed by atoms with Crippen LogP contribution in [0, 0.1) is 6.92 Å². The van der Waals surface area contributed by atoms with E-state index < -0.39 is 0 Å². The Hall–Kier alpha value is -2.04. The fourth-order valence-corrected chi connectivity index (χ4v) is 1.71. The van der Waals surface area contributed by atoms with Gasteiger partial charge < -0.3 is 14.5 Å². The number of furan rings is 1. The van der Waals surface area contributed by atoms with Crippen LogP contribution in [0.2, 0.25) is 0 Å². The Morgan fingerprint density at radius 2 is 2.16 bits per heavy atom. The lowest BCUT2D eigenvalue weighted by Gasteiger charge is -2.12. The Balaban J connectivity index is 2.20. The van der Waals surface area contributed by atoms with Crippen molar-refractivity contribution in [2.24, 2.45) is 0 Å². The molecule has 2 heterocycles. The molecule has 0 bridgehead atoms. The van der Waals surface area contributed by atoms with Gasteiger partial charge in [0, 0.05) is 13.0 Å². The number of nitrogens with zero attached hydrogens (tertiary/aromatic N) is 2. The van der Waals surface area contributed by atoms with Crippen molar-refractivity contribution in [1.29, 1.82) is 0 Å². The van der Waals surface area contributed by atoms with Crippen LogP contribution in [0.15, 0.2) is 22.8 Å². The molecule has 0 unspecified atom stereocenters. The SMILES string of the molecule is CCNc1nc(CC)nc(OCc2ccco2)c1C. The molecule has 0 saturated carbocycles. The second kappa shape index (κ2) is 6.22. The first-order valence-corrected chi connectivity index (χ1v) is 6.51. The Labute approximate surface area is 113 Å². The summed E-state index contributed by atoms with van der Waals surface area (Å²) in [5, 5.41) is 3.23. The van der Waals surface area contributed by atoms with Gasteiger partial charge in [0.1, 0.15) is 24.0 Å². The zero-order valence-electron chi connectivity index (χ0n) is 11.6. The number of aryl methyl sites for hydroxylation is 1. The number of rotatable bonds is 6. The first kappa shape index (κ1) is 13.4. The van der Waals surface area contributed by atoms with E-state index >= 15 is 0 Å². The minimum atomic E-state index is 0.375. The van der Waals surface area contributed by atoms with Gasteiger partial charge >= 0.3 is 0 Å². The average Bonchev–Trinajstić information content (AvgIpc) is 2.93. The van der Waals surface area contributed by atoms with Crippen molar-refractivity contribution in [3.05, 3.63) is 35.5 Å². The lowest BCUT2D eigenvalue weighted by atomic mass is 10.3. The standard InChI is InChI=1S/C14H19N3O2/c1-4-12-16-13(15-5-2)10(3)14(17-12)19-9-11-7-6-8-18-11/h6-8H,4-5,9H2,1-3H3,(H,15,16,17). The predicted octanol–water partition coefficient (Wildman–Crippen LogP) is 2.95. The van der Waals surface area contributed by atoms with Crippen molar-refractivity contribution >= 4 is 5.82 Å². The maximum absolute atomic E-state index is 5.73. The topological polar surface area (TPSA) is 60.2 Å². The van der Waals surface area contributed by atoms with Crippen LogP contribution in [0.4, 0.5) is 5.82 Å². The summed E-state index contributed by atoms with van der Waals surface area (Å²) in [5.74, 6) is 3.00. The normalized spacial score (nSPS) is 10.5. The zero-order chi connectivity index (χ0) is 13.7. The van der Waals surface area contributed by atoms with Crippen LogP contribution in [0.3, 0.4) is 0 Å². The fourth-order valence-electron chi connectivity index (χ4n) is 1.71. The van der Waals surface area contributed by atoms with Crippen LogP contribution < -0.4 is 10.1 Å². The van der Waals surface area contributed by atoms with Gasteiger partial charge in [-0.2, -0.15) is 4.98 Å². The third-order valence-electron chi connectivity index (χ3n) is 2.74. The summed E-state index contributed by atoms with van der Waals surface area (Å²) in [5.41, 5.74) is 0.922. The van der Waals surface area contributed by atoms with E-state index in [1.807, 2.05) is 32.9 Å². The van der Waals surface area contributed by atoms with E-state index in [2.05, 4.69) is 15.3 Å². The van der Waals surface area contributed by atoms with Gasteiger partial charge in [-0.25, -0.2) is 4.98 Å². The van der Waals surface area contributed by atoms with E-state index in [1.165, 1.54) is 0 Å². The number of anilines is 1. The van der Waals surface area contributed by atoms with Crippen molar-refractivity contribution in [3.8, 4) is 5.88 Å². The van der Waals surface area contributed by atoms with Gasteiger partial charge in [-0.15, -0.1) is 0 Å². The molecule has 0 aliphatic rings. The van der Waals surface area contributed by atoms with Gasteiger partial charge in [-0.3, -0.25) is 0 Å². The summed E-state index contributed by atoms with van der Waals surface area (Å²) in [6, 6.07) is 3.72. The summed E-state index contributed by atoms with van der Waals surface area (Å²) >= 11 is 0. The molecular weight excluding hydrogens is 242 g/mol. The molecule has 2 aromatic rings. The predicted molar refractivity (Wildman–Crippen MR) is 73.4 cm³/mol. The largest absolute Gasteiger partial charge is 0.469 e. The number of ether oxygens (including phenoxy) is 1. The van der Waals surface area contributed by atoms with E-state index in [0.717, 1.165) is 35.9 Å². The van der Waals surface area contributed by atoms with Crippen LogP contribution in [-0.2, 0) is 13.0 Å². The molecule has 0 fully saturated rings. The minimum Gasteiger partial charge on any atom is -0.469 e. The first-order valence-electron chi connectivity index (χ1n) is 6.51. The molecule has 0 aromatic carbocycles. The highest BCUT2D eigenvalue weighted by atomic mass is 16.5. The second-order valence-corrected chi connectivity index (χ2v) is 4.17. The highest BCUT2D eigenvalue weighted by molar-refractivity contribution is 5.48. The number of hydrogen-bond acceptors (Lipinski definition) is 5. The summed E-state index contributed by atoms with van der Waals surface area (Å²) < 4.78 is 11.0. The molecule has 2 rings (SSSR count). The average molecular weight is 261 g/mol. The number of hydrogen-bond donors (Lipinski definition) is 1. The van der Waals surface area contributed by atoms with Gasteiger partial charge in [0.15, 0.2) is 0 Å². The lowest BCUT2D eigenvalue weighted by Crippen LogP contribution is -2.08. The summed E-state index contributed by atoms with van der Waals surface area (Å²) in [6.45, 7) is 7.21. The summed E-state index contributed by atoms with van der Waals surface area (Å²) in [4.78, 5) is 8.88. The Kier molecular flexibility index (Phi) is 4.39. The van der Waals surface area contributed by atoms with Crippen molar-refractivity contribution in [1.82, 2.24) is 9.97 Å². The molecule has 102 valence electrons. The first-order chi connectivity index (χ1) is 9.24. The van der Waals surface area contributed by atoms with Crippen molar-refractivity contribution < 1.29 is 9.15 Å². The number of nitrogens with one attached hydrogen (secondary N) is 1. The van der Waals surface area contributed by atoms with Gasteiger partial charge in [-0.05, 0) is 26.0 Å². The summed E-state index contributed by atoms with van der Waals surface area (Å²) in [7, 11) is 0. The molecule has 5 heteroatoms. The van der Waals surface area contributed by atoms with Crippen LogP contribution in [0.1, 0.15) is 31.0 Å². The highest BCUT2D eigenvalue weighted by Crippen LogP contribution is 2.23. The maximum atomic E-state index is 5.73. The van der Waals surface area contributed by atoms with Crippen LogP contribution >= 0.6 is 0 Å². The molecule has 0 saturated heterocycles. The monoisotopic (exact) mass is 261 g/mol. The van der Waals surface area contributed by atoms with Crippen molar-refractivity contribution in [3.63, 3.8) is 0 Å². The van der Waals surface area contributed by atoms with E-state index in [-0.39, 0.29) is 0 Å². The molecule has 5 nitrogen and oxygen atoms in total. The van der Waals surface area contributed by atoms with Crippen LogP contribution in [0.5, 0.6) is 5.88 Å². The maximum Gasteiger partial charge on any atom is 0.222 e. The third-order valence-corrected chi connectivity index (χ3v) is 2.74. The molecule has 0 aliphatic heterocycles. The van der Waals surface area contributed by atoms with Gasteiger partial charge in [-0.1, -0.05) is 6.92 Å². The quantitative estimate of drug-likeness (QED) is 0.866. The lowest BCUT2D eigenvalue weighted by molar-refractivity contribution is 0.258. The Bertz CT molecular complexity index is 524. The van der Waals surface area contributed by atoms with Crippen LogP contribution in [-0.4, -0.2) is 16.5 Å². The Morgan fingerprint density at radius 3 is 2.79 bits per heavy atom.